The molecule has 11 heteroatoms. The topological polar surface area (TPSA) is 98.3 Å². The molecule has 3 aromatic carbocycles. The molecule has 0 aliphatic carbocycles. The number of fused-ring (bicyclic) bond motifs is 1. The molecule has 0 aliphatic rings. The van der Waals surface area contributed by atoms with Crippen LogP contribution in [0.5, 0.6) is 0 Å². The van der Waals surface area contributed by atoms with Gasteiger partial charge in [-0.25, -0.2) is 8.42 Å². The maximum atomic E-state index is 13.2. The number of hydrogen-bond acceptors (Lipinski definition) is 7. The highest BCUT2D eigenvalue weighted by molar-refractivity contribution is 9.10. The second-order valence-electron chi connectivity index (χ2n) is 7.85. The summed E-state index contributed by atoms with van der Waals surface area (Å²) in [5, 5.41) is 3.96. The third-order valence-corrected chi connectivity index (χ3v) is 8.67. The molecule has 0 saturated carbocycles. The molecule has 2 heterocycles. The number of halogens is 1. The maximum Gasteiger partial charge on any atom is 0.308 e. The molecular formula is C24H19BrN4O4S2. The molecule has 0 fully saturated rings. The van der Waals surface area contributed by atoms with E-state index < -0.39 is 10.0 Å². The summed E-state index contributed by atoms with van der Waals surface area (Å²) in [6.07, 6.45) is 0. The molecule has 5 rings (SSSR count). The average molecular weight is 571 g/mol. The standard InChI is InChI=1S/C24H19BrN4O4S2/c1-28(15-22-26-23(27-33-22)17-8-5-9-18(25)12-17)35(31,32)19-10-11-20-21(13-19)34-24(30)29(20)14-16-6-3-2-4-7-16/h2-13H,14-15H2,1H3. The number of nitrogens with zero attached hydrogens (tertiary/aromatic N) is 4. The predicted molar refractivity (Wildman–Crippen MR) is 138 cm³/mol. The van der Waals surface area contributed by atoms with Gasteiger partial charge in [0.25, 0.3) is 0 Å². The molecule has 0 radical (unpaired) electrons. The number of benzene rings is 3. The first-order valence-corrected chi connectivity index (χ1v) is 13.6. The van der Waals surface area contributed by atoms with Crippen molar-refractivity contribution in [3.05, 3.63) is 98.4 Å². The molecule has 0 amide bonds. The number of hydrogen-bond donors (Lipinski definition) is 0. The Morgan fingerprint density at radius 1 is 1.06 bits per heavy atom. The van der Waals surface area contributed by atoms with Crippen LogP contribution in [0.3, 0.4) is 0 Å². The van der Waals surface area contributed by atoms with Crippen molar-refractivity contribution in [2.45, 2.75) is 18.0 Å². The van der Waals surface area contributed by atoms with E-state index in [1.54, 1.807) is 10.6 Å². The van der Waals surface area contributed by atoms with Crippen LogP contribution in [0.25, 0.3) is 21.6 Å². The lowest BCUT2D eigenvalue weighted by atomic mass is 10.2. The van der Waals surface area contributed by atoms with Gasteiger partial charge in [-0.05, 0) is 35.9 Å². The van der Waals surface area contributed by atoms with Gasteiger partial charge in [0.2, 0.25) is 21.7 Å². The Labute approximate surface area is 213 Å². The van der Waals surface area contributed by atoms with E-state index >= 15 is 0 Å². The Balaban J connectivity index is 1.38. The van der Waals surface area contributed by atoms with Gasteiger partial charge in [0.1, 0.15) is 0 Å². The minimum atomic E-state index is -3.86. The molecule has 0 bridgehead atoms. The Hall–Kier alpha value is -3.12. The van der Waals surface area contributed by atoms with Gasteiger partial charge < -0.3 is 4.52 Å². The molecule has 0 saturated heterocycles. The van der Waals surface area contributed by atoms with Crippen LogP contribution in [0, 0.1) is 0 Å². The van der Waals surface area contributed by atoms with Crippen LogP contribution in [0.2, 0.25) is 0 Å². The largest absolute Gasteiger partial charge is 0.338 e. The number of rotatable bonds is 7. The summed E-state index contributed by atoms with van der Waals surface area (Å²) in [4.78, 5) is 16.9. The van der Waals surface area contributed by atoms with Crippen LogP contribution < -0.4 is 4.87 Å². The minimum absolute atomic E-state index is 0.0901. The van der Waals surface area contributed by atoms with Crippen molar-refractivity contribution in [3.8, 4) is 11.4 Å². The summed E-state index contributed by atoms with van der Waals surface area (Å²) < 4.78 is 36.0. The van der Waals surface area contributed by atoms with Crippen LogP contribution in [0.1, 0.15) is 11.5 Å². The number of thiazole rings is 1. The second kappa shape index (κ2) is 9.50. The zero-order valence-electron chi connectivity index (χ0n) is 18.5. The first-order chi connectivity index (χ1) is 16.8. The fourth-order valence-electron chi connectivity index (χ4n) is 3.64. The molecule has 0 spiro atoms. The fourth-order valence-corrected chi connectivity index (χ4v) is 6.19. The maximum absolute atomic E-state index is 13.2. The molecule has 0 unspecified atom stereocenters. The van der Waals surface area contributed by atoms with Gasteiger partial charge in [-0.15, -0.1) is 0 Å². The Morgan fingerprint density at radius 3 is 2.63 bits per heavy atom. The number of aromatic nitrogens is 3. The van der Waals surface area contributed by atoms with E-state index in [1.165, 1.54) is 19.2 Å². The van der Waals surface area contributed by atoms with Crippen molar-refractivity contribution >= 4 is 47.5 Å². The van der Waals surface area contributed by atoms with Gasteiger partial charge in [-0.2, -0.15) is 9.29 Å². The first kappa shape index (κ1) is 23.6. The highest BCUT2D eigenvalue weighted by Crippen LogP contribution is 2.25. The highest BCUT2D eigenvalue weighted by Gasteiger charge is 2.24. The van der Waals surface area contributed by atoms with E-state index in [2.05, 4.69) is 26.1 Å². The Bertz CT molecular complexity index is 1680. The summed E-state index contributed by atoms with van der Waals surface area (Å²) in [6, 6.07) is 21.8. The third-order valence-electron chi connectivity index (χ3n) is 5.44. The Kier molecular flexibility index (Phi) is 6.41. The first-order valence-electron chi connectivity index (χ1n) is 10.5. The summed E-state index contributed by atoms with van der Waals surface area (Å²) in [6.45, 7) is 0.329. The smallest absolute Gasteiger partial charge is 0.308 e. The van der Waals surface area contributed by atoms with Gasteiger partial charge in [-0.1, -0.05) is 74.9 Å². The van der Waals surface area contributed by atoms with E-state index in [4.69, 9.17) is 4.52 Å². The van der Waals surface area contributed by atoms with E-state index in [-0.39, 0.29) is 22.2 Å². The molecule has 8 nitrogen and oxygen atoms in total. The van der Waals surface area contributed by atoms with E-state index in [0.29, 0.717) is 22.6 Å². The average Bonchev–Trinajstić information content (AvgIpc) is 3.43. The third kappa shape index (κ3) is 4.85. The normalized spacial score (nSPS) is 12.0. The van der Waals surface area contributed by atoms with Crippen LogP contribution in [0.4, 0.5) is 0 Å². The van der Waals surface area contributed by atoms with Crippen molar-refractivity contribution < 1.29 is 12.9 Å². The van der Waals surface area contributed by atoms with Crippen LogP contribution >= 0.6 is 27.3 Å². The molecule has 0 N–H and O–H groups in total. The summed E-state index contributed by atoms with van der Waals surface area (Å²) in [7, 11) is -2.41. The molecule has 178 valence electrons. The quantitative estimate of drug-likeness (QED) is 0.280. The molecule has 0 aliphatic heterocycles. The van der Waals surface area contributed by atoms with Crippen molar-refractivity contribution in [2.24, 2.45) is 0 Å². The molecular weight excluding hydrogens is 552 g/mol. The van der Waals surface area contributed by atoms with Gasteiger partial charge in [0, 0.05) is 17.1 Å². The monoisotopic (exact) mass is 570 g/mol. The van der Waals surface area contributed by atoms with Crippen LogP contribution in [-0.4, -0.2) is 34.5 Å². The summed E-state index contributed by atoms with van der Waals surface area (Å²) in [5.74, 6) is 0.545. The fraction of sp³-hybridized carbons (Fsp3) is 0.125. The van der Waals surface area contributed by atoms with Crippen molar-refractivity contribution in [1.29, 1.82) is 0 Å². The van der Waals surface area contributed by atoms with Gasteiger partial charge >= 0.3 is 4.87 Å². The molecule has 5 aromatic rings. The van der Waals surface area contributed by atoms with E-state index in [9.17, 15) is 13.2 Å². The predicted octanol–water partition coefficient (Wildman–Crippen LogP) is 4.74. The SMILES string of the molecule is CN(Cc1nc(-c2cccc(Br)c2)no1)S(=O)(=O)c1ccc2c(c1)sc(=O)n2Cc1ccccc1. The Morgan fingerprint density at radius 2 is 1.86 bits per heavy atom. The van der Waals surface area contributed by atoms with Crippen molar-refractivity contribution in [1.82, 2.24) is 19.0 Å². The minimum Gasteiger partial charge on any atom is -0.338 e. The van der Waals surface area contributed by atoms with E-state index in [0.717, 1.165) is 31.2 Å². The molecule has 35 heavy (non-hydrogen) atoms. The van der Waals surface area contributed by atoms with Crippen molar-refractivity contribution in [2.75, 3.05) is 7.05 Å². The van der Waals surface area contributed by atoms with Crippen molar-refractivity contribution in [3.63, 3.8) is 0 Å². The zero-order chi connectivity index (χ0) is 24.6. The number of sulfonamides is 1. The zero-order valence-corrected chi connectivity index (χ0v) is 21.7. The summed E-state index contributed by atoms with van der Waals surface area (Å²) >= 11 is 4.43. The lowest BCUT2D eigenvalue weighted by Crippen LogP contribution is -2.26. The summed E-state index contributed by atoms with van der Waals surface area (Å²) in [5.41, 5.74) is 2.44. The molecule has 2 aromatic heterocycles. The highest BCUT2D eigenvalue weighted by atomic mass is 79.9. The lowest BCUT2D eigenvalue weighted by Gasteiger charge is -2.15. The van der Waals surface area contributed by atoms with Gasteiger partial charge in [0.05, 0.1) is 28.2 Å². The van der Waals surface area contributed by atoms with Gasteiger partial charge in [0.15, 0.2) is 0 Å². The van der Waals surface area contributed by atoms with Crippen LogP contribution in [0.15, 0.2) is 91.5 Å². The molecule has 0 atom stereocenters. The lowest BCUT2D eigenvalue weighted by molar-refractivity contribution is 0.337. The van der Waals surface area contributed by atoms with E-state index in [1.807, 2.05) is 54.6 Å². The second-order valence-corrected chi connectivity index (χ2v) is 11.8. The van der Waals surface area contributed by atoms with Gasteiger partial charge in [-0.3, -0.25) is 9.36 Å². The van der Waals surface area contributed by atoms with Crippen LogP contribution in [-0.2, 0) is 23.1 Å².